The van der Waals surface area contributed by atoms with Crippen molar-refractivity contribution in [1.82, 2.24) is 9.55 Å². The van der Waals surface area contributed by atoms with Gasteiger partial charge < -0.3 is 9.30 Å². The fraction of sp³-hybridized carbons (Fsp3) is 0.188. The van der Waals surface area contributed by atoms with Crippen molar-refractivity contribution in [2.45, 2.75) is 12.6 Å². The van der Waals surface area contributed by atoms with E-state index in [-0.39, 0.29) is 6.04 Å². The molecule has 1 aromatic heterocycles. The molecule has 0 spiro atoms. The lowest BCUT2D eigenvalue weighted by Crippen LogP contribution is -2.24. The van der Waals surface area contributed by atoms with Crippen LogP contribution in [0.1, 0.15) is 17.4 Å². The lowest BCUT2D eigenvalue weighted by molar-refractivity contribution is 0.0679. The van der Waals surface area contributed by atoms with Gasteiger partial charge in [0, 0.05) is 9.50 Å². The summed E-state index contributed by atoms with van der Waals surface area (Å²) in [5.74, 6) is 0.958. The number of nitrogens with zero attached hydrogens (tertiary/aromatic N) is 2. The molecule has 0 amide bonds. The molecule has 1 atom stereocenters. The standard InChI is InChI=1S/C16H12BrClN2O/c17-11-4-5-13-14(7-11)20-15(8-21-9-16(20)19-13)10-2-1-3-12(18)6-10/h1-7,15H,8-9H2. The first-order valence-electron chi connectivity index (χ1n) is 6.72. The molecule has 0 aliphatic carbocycles. The van der Waals surface area contributed by atoms with Gasteiger partial charge in [-0.2, -0.15) is 0 Å². The van der Waals surface area contributed by atoms with Gasteiger partial charge in [0.1, 0.15) is 12.4 Å². The van der Waals surface area contributed by atoms with Crippen molar-refractivity contribution >= 4 is 38.6 Å². The molecular formula is C16H12BrClN2O. The third-order valence-electron chi connectivity index (χ3n) is 3.78. The summed E-state index contributed by atoms with van der Waals surface area (Å²) in [6.07, 6.45) is 0. The predicted molar refractivity (Wildman–Crippen MR) is 86.7 cm³/mol. The summed E-state index contributed by atoms with van der Waals surface area (Å²) in [5.41, 5.74) is 3.25. The second-order valence-electron chi connectivity index (χ2n) is 5.12. The van der Waals surface area contributed by atoms with Crippen LogP contribution < -0.4 is 0 Å². The van der Waals surface area contributed by atoms with E-state index in [0.29, 0.717) is 13.2 Å². The number of hydrogen-bond acceptors (Lipinski definition) is 2. The second kappa shape index (κ2) is 5.13. The fourth-order valence-electron chi connectivity index (χ4n) is 2.86. The van der Waals surface area contributed by atoms with E-state index < -0.39 is 0 Å². The highest BCUT2D eigenvalue weighted by Gasteiger charge is 2.25. The molecule has 0 saturated heterocycles. The average Bonchev–Trinajstić information content (AvgIpc) is 2.85. The highest BCUT2D eigenvalue weighted by atomic mass is 79.9. The fourth-order valence-corrected chi connectivity index (χ4v) is 3.41. The number of hydrogen-bond donors (Lipinski definition) is 0. The van der Waals surface area contributed by atoms with Gasteiger partial charge in [-0.1, -0.05) is 39.7 Å². The Morgan fingerprint density at radius 3 is 3.00 bits per heavy atom. The topological polar surface area (TPSA) is 27.1 Å². The Morgan fingerprint density at radius 2 is 2.14 bits per heavy atom. The first kappa shape index (κ1) is 13.3. The Kier molecular flexibility index (Phi) is 3.25. The van der Waals surface area contributed by atoms with Crippen molar-refractivity contribution in [3.05, 3.63) is 63.3 Å². The summed E-state index contributed by atoms with van der Waals surface area (Å²) in [7, 11) is 0. The number of ether oxygens (including phenoxy) is 1. The molecule has 3 aromatic rings. The van der Waals surface area contributed by atoms with Crippen LogP contribution in [0.15, 0.2) is 46.9 Å². The zero-order valence-corrected chi connectivity index (χ0v) is 13.4. The highest BCUT2D eigenvalue weighted by Crippen LogP contribution is 2.32. The van der Waals surface area contributed by atoms with Crippen LogP contribution in [-0.2, 0) is 11.3 Å². The van der Waals surface area contributed by atoms with Gasteiger partial charge in [0.25, 0.3) is 0 Å². The summed E-state index contributed by atoms with van der Waals surface area (Å²) >= 11 is 9.67. The van der Waals surface area contributed by atoms with Crippen molar-refractivity contribution < 1.29 is 4.74 Å². The van der Waals surface area contributed by atoms with E-state index in [1.165, 1.54) is 0 Å². The van der Waals surface area contributed by atoms with E-state index in [1.807, 2.05) is 30.3 Å². The number of fused-ring (bicyclic) bond motifs is 3. The molecule has 3 nitrogen and oxygen atoms in total. The van der Waals surface area contributed by atoms with E-state index >= 15 is 0 Å². The Morgan fingerprint density at radius 1 is 1.24 bits per heavy atom. The van der Waals surface area contributed by atoms with Gasteiger partial charge in [0.2, 0.25) is 0 Å². The number of benzene rings is 2. The largest absolute Gasteiger partial charge is 0.371 e. The van der Waals surface area contributed by atoms with Crippen LogP contribution in [0.4, 0.5) is 0 Å². The van der Waals surface area contributed by atoms with Gasteiger partial charge >= 0.3 is 0 Å². The predicted octanol–water partition coefficient (Wildman–Crippen LogP) is 4.57. The highest BCUT2D eigenvalue weighted by molar-refractivity contribution is 9.10. The van der Waals surface area contributed by atoms with Crippen LogP contribution >= 0.6 is 27.5 Å². The van der Waals surface area contributed by atoms with Crippen LogP contribution in [0.5, 0.6) is 0 Å². The van der Waals surface area contributed by atoms with E-state index in [1.54, 1.807) is 0 Å². The SMILES string of the molecule is Clc1cccc(C2COCc3nc4ccc(Br)cc4n32)c1. The summed E-state index contributed by atoms with van der Waals surface area (Å²) in [4.78, 5) is 4.68. The third kappa shape index (κ3) is 2.27. The zero-order valence-electron chi connectivity index (χ0n) is 11.1. The maximum absolute atomic E-state index is 6.14. The molecule has 106 valence electrons. The minimum Gasteiger partial charge on any atom is -0.371 e. The molecule has 0 saturated carbocycles. The normalized spacial score (nSPS) is 17.9. The summed E-state index contributed by atoms with van der Waals surface area (Å²) < 4.78 is 9.03. The van der Waals surface area contributed by atoms with Gasteiger partial charge in [0.15, 0.2) is 0 Å². The van der Waals surface area contributed by atoms with Crippen molar-refractivity contribution in [2.75, 3.05) is 6.61 Å². The maximum atomic E-state index is 6.14. The van der Waals surface area contributed by atoms with E-state index in [0.717, 1.165) is 31.9 Å². The maximum Gasteiger partial charge on any atom is 0.136 e. The molecule has 0 bridgehead atoms. The molecular weight excluding hydrogens is 352 g/mol. The molecule has 4 rings (SSSR count). The summed E-state index contributed by atoms with van der Waals surface area (Å²) in [6.45, 7) is 1.18. The van der Waals surface area contributed by atoms with Crippen LogP contribution in [0.3, 0.4) is 0 Å². The minimum absolute atomic E-state index is 0.103. The molecule has 0 fully saturated rings. The van der Waals surface area contributed by atoms with Crippen LogP contribution in [-0.4, -0.2) is 16.2 Å². The second-order valence-corrected chi connectivity index (χ2v) is 6.47. The number of halogens is 2. The number of imidazole rings is 1. The third-order valence-corrected chi connectivity index (χ3v) is 4.50. The summed E-state index contributed by atoms with van der Waals surface area (Å²) in [6, 6.07) is 14.2. The van der Waals surface area contributed by atoms with Crippen molar-refractivity contribution in [2.24, 2.45) is 0 Å². The van der Waals surface area contributed by atoms with Gasteiger partial charge in [-0.15, -0.1) is 0 Å². The molecule has 1 aliphatic heterocycles. The van der Waals surface area contributed by atoms with Crippen molar-refractivity contribution in [1.29, 1.82) is 0 Å². The molecule has 21 heavy (non-hydrogen) atoms. The van der Waals surface area contributed by atoms with Crippen molar-refractivity contribution in [3.63, 3.8) is 0 Å². The first-order chi connectivity index (χ1) is 10.2. The Hall–Kier alpha value is -1.36. The molecule has 0 radical (unpaired) electrons. The zero-order chi connectivity index (χ0) is 14.4. The van der Waals surface area contributed by atoms with Crippen LogP contribution in [0.2, 0.25) is 5.02 Å². The van der Waals surface area contributed by atoms with Crippen molar-refractivity contribution in [3.8, 4) is 0 Å². The number of rotatable bonds is 1. The quantitative estimate of drug-likeness (QED) is 0.633. The van der Waals surface area contributed by atoms with Gasteiger partial charge in [-0.25, -0.2) is 4.98 Å². The van der Waals surface area contributed by atoms with E-state index in [9.17, 15) is 0 Å². The van der Waals surface area contributed by atoms with Gasteiger partial charge in [-0.3, -0.25) is 0 Å². The lowest BCUT2D eigenvalue weighted by atomic mass is 10.1. The Labute approximate surface area is 135 Å². The Bertz CT molecular complexity index is 830. The molecule has 1 aliphatic rings. The smallest absolute Gasteiger partial charge is 0.136 e. The molecule has 0 N–H and O–H groups in total. The lowest BCUT2D eigenvalue weighted by Gasteiger charge is -2.26. The Balaban J connectivity index is 1.94. The monoisotopic (exact) mass is 362 g/mol. The van der Waals surface area contributed by atoms with Gasteiger partial charge in [0.05, 0.1) is 23.7 Å². The number of aromatic nitrogens is 2. The van der Waals surface area contributed by atoms with E-state index in [2.05, 4.69) is 37.6 Å². The molecule has 2 aromatic carbocycles. The minimum atomic E-state index is 0.103. The van der Waals surface area contributed by atoms with Crippen LogP contribution in [0.25, 0.3) is 11.0 Å². The average molecular weight is 364 g/mol. The first-order valence-corrected chi connectivity index (χ1v) is 7.89. The van der Waals surface area contributed by atoms with Crippen LogP contribution in [0, 0.1) is 0 Å². The molecule has 5 heteroatoms. The van der Waals surface area contributed by atoms with E-state index in [4.69, 9.17) is 16.3 Å². The molecule has 2 heterocycles. The summed E-state index contributed by atoms with van der Waals surface area (Å²) in [5, 5.41) is 0.741. The van der Waals surface area contributed by atoms with Gasteiger partial charge in [-0.05, 0) is 35.9 Å². The molecule has 1 unspecified atom stereocenters.